The molecule has 0 fully saturated rings. The van der Waals surface area contributed by atoms with Gasteiger partial charge in [0.05, 0.1) is 27.8 Å². The van der Waals surface area contributed by atoms with Crippen molar-refractivity contribution in [3.05, 3.63) is 29.6 Å². The summed E-state index contributed by atoms with van der Waals surface area (Å²) in [6.07, 6.45) is 1.75. The van der Waals surface area contributed by atoms with Gasteiger partial charge in [-0.15, -0.1) is 0 Å². The molecule has 0 saturated carbocycles. The first-order valence-electron chi connectivity index (χ1n) is 6.49. The third kappa shape index (κ3) is 2.69. The summed E-state index contributed by atoms with van der Waals surface area (Å²) in [5.74, 6) is -1.26. The SMILES string of the molecule is COC(=O)c1nn2ccc([Si](C)(C)C)cc2c1C(=O)OC. The first-order valence-corrected chi connectivity index (χ1v) is 9.99. The summed E-state index contributed by atoms with van der Waals surface area (Å²) >= 11 is 0. The molecule has 0 aliphatic rings. The number of methoxy groups -OCH3 is 2. The number of carbonyl (C=O) groups excluding carboxylic acids is 2. The molecule has 112 valence electrons. The second-order valence-electron chi connectivity index (χ2n) is 5.70. The molecule has 7 heteroatoms. The summed E-state index contributed by atoms with van der Waals surface area (Å²) in [5.41, 5.74) is 0.670. The molecule has 6 nitrogen and oxygen atoms in total. The van der Waals surface area contributed by atoms with Crippen molar-refractivity contribution < 1.29 is 19.1 Å². The molecule has 0 aromatic carbocycles. The molecule has 2 aromatic rings. The fraction of sp³-hybridized carbons (Fsp3) is 0.357. The quantitative estimate of drug-likeness (QED) is 0.634. The van der Waals surface area contributed by atoms with Crippen LogP contribution in [0.3, 0.4) is 0 Å². The number of pyridine rings is 1. The lowest BCUT2D eigenvalue weighted by atomic mass is 10.2. The zero-order valence-electron chi connectivity index (χ0n) is 12.8. The van der Waals surface area contributed by atoms with Crippen molar-refractivity contribution in [3.8, 4) is 0 Å². The summed E-state index contributed by atoms with van der Waals surface area (Å²) in [6.45, 7) is 6.61. The van der Waals surface area contributed by atoms with Gasteiger partial charge in [-0.3, -0.25) is 0 Å². The van der Waals surface area contributed by atoms with Crippen LogP contribution in [0.4, 0.5) is 0 Å². The molecule has 0 radical (unpaired) electrons. The monoisotopic (exact) mass is 306 g/mol. The van der Waals surface area contributed by atoms with Gasteiger partial charge in [-0.25, -0.2) is 14.1 Å². The van der Waals surface area contributed by atoms with Crippen molar-refractivity contribution in [1.82, 2.24) is 9.61 Å². The van der Waals surface area contributed by atoms with Gasteiger partial charge in [0.1, 0.15) is 5.56 Å². The molecule has 0 aliphatic carbocycles. The van der Waals surface area contributed by atoms with E-state index in [1.54, 1.807) is 6.20 Å². The van der Waals surface area contributed by atoms with Crippen molar-refractivity contribution in [1.29, 1.82) is 0 Å². The molecule has 0 aliphatic heterocycles. The molecule has 0 saturated heterocycles. The summed E-state index contributed by atoms with van der Waals surface area (Å²) in [5, 5.41) is 5.30. The Morgan fingerprint density at radius 1 is 1.14 bits per heavy atom. The minimum atomic E-state index is -1.55. The molecule has 21 heavy (non-hydrogen) atoms. The third-order valence-electron chi connectivity index (χ3n) is 3.27. The fourth-order valence-electron chi connectivity index (χ4n) is 2.06. The summed E-state index contributed by atoms with van der Waals surface area (Å²) in [6, 6.07) is 3.87. The van der Waals surface area contributed by atoms with Crippen molar-refractivity contribution in [2.24, 2.45) is 0 Å². The normalized spacial score (nSPS) is 11.5. The first-order chi connectivity index (χ1) is 9.79. The van der Waals surface area contributed by atoms with Crippen LogP contribution in [0.25, 0.3) is 5.52 Å². The molecule has 0 amide bonds. The lowest BCUT2D eigenvalue weighted by molar-refractivity contribution is 0.0553. The summed E-state index contributed by atoms with van der Waals surface area (Å²) in [7, 11) is 0.970. The average Bonchev–Trinajstić information content (AvgIpc) is 2.83. The number of carbonyl (C=O) groups is 2. The van der Waals surface area contributed by atoms with E-state index in [9.17, 15) is 9.59 Å². The standard InChI is InChI=1S/C14H18N2O4Si/c1-19-13(17)11-10-8-9(21(3,4)5)6-7-16(10)15-12(11)14(18)20-2/h6-8H,1-5H3. The maximum atomic E-state index is 12.0. The van der Waals surface area contributed by atoms with E-state index in [1.807, 2.05) is 12.1 Å². The Balaban J connectivity index is 2.77. The largest absolute Gasteiger partial charge is 0.465 e. The van der Waals surface area contributed by atoms with E-state index in [-0.39, 0.29) is 11.3 Å². The molecule has 0 atom stereocenters. The number of hydrogen-bond donors (Lipinski definition) is 0. The van der Waals surface area contributed by atoms with Gasteiger partial charge in [-0.2, -0.15) is 5.10 Å². The number of nitrogens with zero attached hydrogens (tertiary/aromatic N) is 2. The van der Waals surface area contributed by atoms with Crippen LogP contribution in [0.5, 0.6) is 0 Å². The fourth-order valence-corrected chi connectivity index (χ4v) is 3.20. The van der Waals surface area contributed by atoms with Crippen LogP contribution in [-0.2, 0) is 9.47 Å². The zero-order chi connectivity index (χ0) is 15.8. The second-order valence-corrected chi connectivity index (χ2v) is 10.8. The Hall–Kier alpha value is -2.15. The Labute approximate surface area is 123 Å². The smallest absolute Gasteiger partial charge is 0.359 e. The maximum absolute atomic E-state index is 12.0. The van der Waals surface area contributed by atoms with Crippen molar-refractivity contribution in [2.75, 3.05) is 14.2 Å². The molecule has 2 heterocycles. The van der Waals surface area contributed by atoms with Gasteiger partial charge in [0, 0.05) is 6.20 Å². The summed E-state index contributed by atoms with van der Waals surface area (Å²) in [4.78, 5) is 23.8. The highest BCUT2D eigenvalue weighted by Gasteiger charge is 2.27. The number of ether oxygens (including phenoxy) is 2. The molecule has 0 spiro atoms. The molecule has 0 unspecified atom stereocenters. The zero-order valence-corrected chi connectivity index (χ0v) is 13.8. The number of esters is 2. The van der Waals surface area contributed by atoms with Crippen molar-refractivity contribution in [2.45, 2.75) is 19.6 Å². The van der Waals surface area contributed by atoms with E-state index in [1.165, 1.54) is 18.7 Å². The second kappa shape index (κ2) is 5.32. The maximum Gasteiger partial charge on any atom is 0.359 e. The van der Waals surface area contributed by atoms with Crippen LogP contribution >= 0.6 is 0 Å². The van der Waals surface area contributed by atoms with Crippen LogP contribution < -0.4 is 5.19 Å². The molecule has 2 rings (SSSR count). The van der Waals surface area contributed by atoms with E-state index in [4.69, 9.17) is 4.74 Å². The van der Waals surface area contributed by atoms with E-state index >= 15 is 0 Å². The Kier molecular flexibility index (Phi) is 3.86. The number of fused-ring (bicyclic) bond motifs is 1. The van der Waals surface area contributed by atoms with Crippen molar-refractivity contribution >= 4 is 30.7 Å². The lowest BCUT2D eigenvalue weighted by Gasteiger charge is -2.16. The number of hydrogen-bond acceptors (Lipinski definition) is 5. The highest BCUT2D eigenvalue weighted by Crippen LogP contribution is 2.18. The first kappa shape index (κ1) is 15.2. The van der Waals surface area contributed by atoms with Gasteiger partial charge >= 0.3 is 11.9 Å². The minimum Gasteiger partial charge on any atom is -0.465 e. The third-order valence-corrected chi connectivity index (χ3v) is 5.31. The van der Waals surface area contributed by atoms with Crippen LogP contribution in [0.15, 0.2) is 18.3 Å². The van der Waals surface area contributed by atoms with Gasteiger partial charge in [-0.05, 0) is 12.1 Å². The topological polar surface area (TPSA) is 69.9 Å². The molecule has 0 bridgehead atoms. The molecule has 2 aromatic heterocycles. The van der Waals surface area contributed by atoms with E-state index in [2.05, 4.69) is 29.5 Å². The predicted octanol–water partition coefficient (Wildman–Crippen LogP) is 1.45. The van der Waals surface area contributed by atoms with Crippen LogP contribution in [0.1, 0.15) is 20.8 Å². The highest BCUT2D eigenvalue weighted by molar-refractivity contribution is 6.88. The minimum absolute atomic E-state index is 0.0305. The predicted molar refractivity (Wildman–Crippen MR) is 80.9 cm³/mol. The molecule has 0 N–H and O–H groups in total. The van der Waals surface area contributed by atoms with Gasteiger partial charge in [0.2, 0.25) is 0 Å². The van der Waals surface area contributed by atoms with Crippen LogP contribution in [0.2, 0.25) is 19.6 Å². The highest BCUT2D eigenvalue weighted by atomic mass is 28.3. The Bertz CT molecular complexity index is 716. The van der Waals surface area contributed by atoms with Gasteiger partial charge in [0.25, 0.3) is 0 Å². The van der Waals surface area contributed by atoms with Gasteiger partial charge in [0.15, 0.2) is 5.69 Å². The molecular formula is C14H18N2O4Si. The average molecular weight is 306 g/mol. The number of aromatic nitrogens is 2. The molecular weight excluding hydrogens is 288 g/mol. The van der Waals surface area contributed by atoms with Gasteiger partial charge < -0.3 is 9.47 Å². The lowest BCUT2D eigenvalue weighted by Crippen LogP contribution is -2.37. The Morgan fingerprint density at radius 3 is 2.29 bits per heavy atom. The summed E-state index contributed by atoms with van der Waals surface area (Å²) < 4.78 is 11.0. The van der Waals surface area contributed by atoms with Crippen molar-refractivity contribution in [3.63, 3.8) is 0 Å². The van der Waals surface area contributed by atoms with E-state index < -0.39 is 20.0 Å². The Morgan fingerprint density at radius 2 is 1.76 bits per heavy atom. The van der Waals surface area contributed by atoms with E-state index in [0.717, 1.165) is 5.19 Å². The number of rotatable bonds is 3. The van der Waals surface area contributed by atoms with Crippen LogP contribution in [-0.4, -0.2) is 43.8 Å². The van der Waals surface area contributed by atoms with Gasteiger partial charge in [-0.1, -0.05) is 24.8 Å². The van der Waals surface area contributed by atoms with Crippen LogP contribution in [0, 0.1) is 0 Å². The van der Waals surface area contributed by atoms with E-state index in [0.29, 0.717) is 5.52 Å².